The maximum Gasteiger partial charge on any atom is 0.410 e. The predicted molar refractivity (Wildman–Crippen MR) is 83.3 cm³/mol. The van der Waals surface area contributed by atoms with Gasteiger partial charge in [0.2, 0.25) is 0 Å². The predicted octanol–water partition coefficient (Wildman–Crippen LogP) is 2.29. The molecule has 1 aliphatic heterocycles. The number of likely N-dealkylation sites (tertiary alicyclic amines) is 1. The maximum absolute atomic E-state index is 12.1. The fraction of sp³-hybridized carbons (Fsp3) is 0.588. The van der Waals surface area contributed by atoms with Crippen LogP contribution in [0.25, 0.3) is 0 Å². The van der Waals surface area contributed by atoms with Crippen LogP contribution in [-0.4, -0.2) is 42.3 Å². The van der Waals surface area contributed by atoms with Gasteiger partial charge in [-0.15, -0.1) is 0 Å². The molecular weight excluding hydrogens is 280 g/mol. The second kappa shape index (κ2) is 7.11. The topological polar surface area (TPSA) is 64.8 Å². The quantitative estimate of drug-likeness (QED) is 0.927. The Bertz CT molecular complexity index is 480. The zero-order valence-electron chi connectivity index (χ0n) is 12.8. The first-order chi connectivity index (χ1) is 10.7. The standard InChI is InChI=1S/C17H24N2O3/c18-14-10-16(11-14)22-15-6-8-19(9-7-15)17(20)21-12-13-4-2-1-3-5-13/h1-5,14-16H,6-12,18H2/t14-,16-. The summed E-state index contributed by atoms with van der Waals surface area (Å²) in [6.07, 6.45) is 4.07. The van der Waals surface area contributed by atoms with Gasteiger partial charge in [-0.3, -0.25) is 0 Å². The van der Waals surface area contributed by atoms with Crippen LogP contribution in [0.4, 0.5) is 4.79 Å². The summed E-state index contributed by atoms with van der Waals surface area (Å²) in [5, 5.41) is 0. The number of carbonyl (C=O) groups excluding carboxylic acids is 1. The number of nitrogens with zero attached hydrogens (tertiary/aromatic N) is 1. The molecule has 22 heavy (non-hydrogen) atoms. The zero-order valence-corrected chi connectivity index (χ0v) is 12.8. The monoisotopic (exact) mass is 304 g/mol. The Morgan fingerprint density at radius 3 is 2.45 bits per heavy atom. The van der Waals surface area contributed by atoms with E-state index in [1.54, 1.807) is 4.90 Å². The molecule has 1 aromatic carbocycles. The lowest BCUT2D eigenvalue weighted by atomic mass is 9.90. The van der Waals surface area contributed by atoms with Gasteiger partial charge < -0.3 is 20.1 Å². The van der Waals surface area contributed by atoms with E-state index < -0.39 is 0 Å². The smallest absolute Gasteiger partial charge is 0.410 e. The van der Waals surface area contributed by atoms with Gasteiger partial charge in [0.15, 0.2) is 0 Å². The lowest BCUT2D eigenvalue weighted by molar-refractivity contribution is -0.0782. The van der Waals surface area contributed by atoms with Crippen molar-refractivity contribution in [1.29, 1.82) is 0 Å². The summed E-state index contributed by atoms with van der Waals surface area (Å²) in [6, 6.07) is 10.1. The van der Waals surface area contributed by atoms with Crippen LogP contribution in [0.3, 0.4) is 0 Å². The van der Waals surface area contributed by atoms with E-state index in [9.17, 15) is 4.79 Å². The van der Waals surface area contributed by atoms with E-state index in [4.69, 9.17) is 15.2 Å². The van der Waals surface area contributed by atoms with Crippen LogP contribution in [0, 0.1) is 0 Å². The van der Waals surface area contributed by atoms with Crippen molar-refractivity contribution >= 4 is 6.09 Å². The Kier molecular flexibility index (Phi) is 4.95. The molecule has 1 aliphatic carbocycles. The number of hydrogen-bond acceptors (Lipinski definition) is 4. The number of piperidine rings is 1. The fourth-order valence-electron chi connectivity index (χ4n) is 2.97. The van der Waals surface area contributed by atoms with E-state index in [1.165, 1.54) is 0 Å². The molecule has 1 aromatic rings. The van der Waals surface area contributed by atoms with Gasteiger partial charge >= 0.3 is 6.09 Å². The molecule has 2 aliphatic rings. The third-order valence-corrected chi connectivity index (χ3v) is 4.42. The Morgan fingerprint density at radius 1 is 1.14 bits per heavy atom. The highest BCUT2D eigenvalue weighted by molar-refractivity contribution is 5.67. The summed E-state index contributed by atoms with van der Waals surface area (Å²) in [5.74, 6) is 0. The van der Waals surface area contributed by atoms with Crippen molar-refractivity contribution in [3.63, 3.8) is 0 Å². The van der Waals surface area contributed by atoms with E-state index in [2.05, 4.69) is 0 Å². The first-order valence-corrected chi connectivity index (χ1v) is 8.07. The van der Waals surface area contributed by atoms with Gasteiger partial charge in [0, 0.05) is 19.1 Å². The van der Waals surface area contributed by atoms with Gasteiger partial charge in [-0.05, 0) is 31.2 Å². The van der Waals surface area contributed by atoms with Gasteiger partial charge in [-0.1, -0.05) is 30.3 Å². The summed E-state index contributed by atoms with van der Waals surface area (Å²) in [7, 11) is 0. The van der Waals surface area contributed by atoms with Crippen LogP contribution in [0.5, 0.6) is 0 Å². The normalized spacial score (nSPS) is 25.6. The molecule has 1 heterocycles. The van der Waals surface area contributed by atoms with Gasteiger partial charge in [0.1, 0.15) is 6.61 Å². The SMILES string of the molecule is N[C@H]1C[C@H](OC2CCN(C(=O)OCc3ccccc3)CC2)C1. The molecule has 0 spiro atoms. The van der Waals surface area contributed by atoms with Gasteiger partial charge in [0.25, 0.3) is 0 Å². The van der Waals surface area contributed by atoms with Crippen molar-refractivity contribution in [2.24, 2.45) is 5.73 Å². The van der Waals surface area contributed by atoms with Gasteiger partial charge in [-0.25, -0.2) is 4.79 Å². The summed E-state index contributed by atoms with van der Waals surface area (Å²) in [4.78, 5) is 13.8. The van der Waals surface area contributed by atoms with Crippen LogP contribution >= 0.6 is 0 Å². The fourth-order valence-corrected chi connectivity index (χ4v) is 2.97. The molecule has 1 saturated carbocycles. The molecule has 1 saturated heterocycles. The van der Waals surface area contributed by atoms with E-state index in [0.29, 0.717) is 31.8 Å². The molecule has 0 aromatic heterocycles. The van der Waals surface area contributed by atoms with Crippen LogP contribution < -0.4 is 5.73 Å². The van der Waals surface area contributed by atoms with E-state index >= 15 is 0 Å². The largest absolute Gasteiger partial charge is 0.445 e. The average Bonchev–Trinajstić information content (AvgIpc) is 2.53. The number of nitrogens with two attached hydrogens (primary N) is 1. The molecule has 5 heteroatoms. The second-order valence-electron chi connectivity index (χ2n) is 6.22. The lowest BCUT2D eigenvalue weighted by Gasteiger charge is -2.38. The number of amides is 1. The number of hydrogen-bond donors (Lipinski definition) is 1. The molecule has 3 rings (SSSR count). The van der Waals surface area contributed by atoms with Crippen molar-refractivity contribution in [1.82, 2.24) is 4.90 Å². The molecule has 2 fully saturated rings. The molecule has 1 amide bonds. The van der Waals surface area contributed by atoms with Crippen LogP contribution in [0.2, 0.25) is 0 Å². The molecule has 0 radical (unpaired) electrons. The molecule has 0 unspecified atom stereocenters. The zero-order chi connectivity index (χ0) is 15.4. The molecular formula is C17H24N2O3. The van der Waals surface area contributed by atoms with Crippen molar-refractivity contribution in [2.75, 3.05) is 13.1 Å². The Hall–Kier alpha value is -1.59. The minimum Gasteiger partial charge on any atom is -0.445 e. The highest BCUT2D eigenvalue weighted by Crippen LogP contribution is 2.26. The minimum atomic E-state index is -0.229. The number of rotatable bonds is 4. The Morgan fingerprint density at radius 2 is 1.82 bits per heavy atom. The van der Waals surface area contributed by atoms with Crippen LogP contribution in [-0.2, 0) is 16.1 Å². The Balaban J connectivity index is 1.36. The first-order valence-electron chi connectivity index (χ1n) is 8.07. The third-order valence-electron chi connectivity index (χ3n) is 4.42. The summed E-state index contributed by atoms with van der Waals surface area (Å²) < 4.78 is 11.4. The first kappa shape index (κ1) is 15.3. The molecule has 5 nitrogen and oxygen atoms in total. The summed E-state index contributed by atoms with van der Waals surface area (Å²) >= 11 is 0. The van der Waals surface area contributed by atoms with Gasteiger partial charge in [-0.2, -0.15) is 0 Å². The number of ether oxygens (including phenoxy) is 2. The maximum atomic E-state index is 12.1. The van der Waals surface area contributed by atoms with Gasteiger partial charge in [0.05, 0.1) is 12.2 Å². The van der Waals surface area contributed by atoms with Crippen molar-refractivity contribution in [3.8, 4) is 0 Å². The number of carbonyl (C=O) groups is 1. The van der Waals surface area contributed by atoms with Crippen molar-refractivity contribution < 1.29 is 14.3 Å². The molecule has 0 atom stereocenters. The van der Waals surface area contributed by atoms with Crippen molar-refractivity contribution in [2.45, 2.75) is 50.5 Å². The average molecular weight is 304 g/mol. The van der Waals surface area contributed by atoms with E-state index in [1.807, 2.05) is 30.3 Å². The second-order valence-corrected chi connectivity index (χ2v) is 6.22. The van der Waals surface area contributed by atoms with Crippen LogP contribution in [0.15, 0.2) is 30.3 Å². The molecule has 120 valence electrons. The summed E-state index contributed by atoms with van der Waals surface area (Å²) in [5.41, 5.74) is 6.78. The highest BCUT2D eigenvalue weighted by atomic mass is 16.6. The molecule has 0 bridgehead atoms. The third kappa shape index (κ3) is 3.99. The lowest BCUT2D eigenvalue weighted by Crippen LogP contribution is -2.46. The number of benzene rings is 1. The molecule has 2 N–H and O–H groups in total. The highest BCUT2D eigenvalue weighted by Gasteiger charge is 2.31. The van der Waals surface area contributed by atoms with E-state index in [-0.39, 0.29) is 12.2 Å². The van der Waals surface area contributed by atoms with Crippen LogP contribution in [0.1, 0.15) is 31.2 Å². The minimum absolute atomic E-state index is 0.229. The Labute approximate surface area is 131 Å². The summed E-state index contributed by atoms with van der Waals surface area (Å²) in [6.45, 7) is 1.74. The van der Waals surface area contributed by atoms with E-state index in [0.717, 1.165) is 31.2 Å². The van der Waals surface area contributed by atoms with Crippen molar-refractivity contribution in [3.05, 3.63) is 35.9 Å².